The van der Waals surface area contributed by atoms with Crippen LogP contribution in [0.25, 0.3) is 0 Å². The molecular formula is C28H31ClN2O4. The monoisotopic (exact) mass is 494 g/mol. The molecule has 0 N–H and O–H groups in total. The molecule has 7 heteroatoms. The van der Waals surface area contributed by atoms with Gasteiger partial charge < -0.3 is 19.1 Å². The predicted octanol–water partition coefficient (Wildman–Crippen LogP) is 5.30. The van der Waals surface area contributed by atoms with E-state index in [-0.39, 0.29) is 12.6 Å². The van der Waals surface area contributed by atoms with Gasteiger partial charge >= 0.3 is 5.97 Å². The van der Waals surface area contributed by atoms with Crippen LogP contribution >= 0.6 is 11.6 Å². The topological polar surface area (TPSA) is 51.2 Å². The van der Waals surface area contributed by atoms with E-state index in [4.69, 9.17) is 25.8 Å². The highest BCUT2D eigenvalue weighted by Gasteiger charge is 2.19. The molecule has 0 unspecified atom stereocenters. The van der Waals surface area contributed by atoms with E-state index in [1.54, 1.807) is 25.3 Å². The quantitative estimate of drug-likeness (QED) is 0.282. The van der Waals surface area contributed by atoms with Gasteiger partial charge in [-0.1, -0.05) is 54.1 Å². The maximum atomic E-state index is 12.7. The Morgan fingerprint density at radius 3 is 2.34 bits per heavy atom. The van der Waals surface area contributed by atoms with Crippen LogP contribution in [0.5, 0.6) is 11.5 Å². The summed E-state index contributed by atoms with van der Waals surface area (Å²) in [5.41, 5.74) is 2.42. The number of hydrogen-bond acceptors (Lipinski definition) is 6. The summed E-state index contributed by atoms with van der Waals surface area (Å²) in [6, 6.07) is 22.8. The number of para-hydroxylation sites is 3. The highest BCUT2D eigenvalue weighted by molar-refractivity contribution is 6.31. The number of rotatable bonds is 10. The van der Waals surface area contributed by atoms with Gasteiger partial charge in [0.05, 0.1) is 19.4 Å². The third kappa shape index (κ3) is 6.68. The molecule has 184 valence electrons. The summed E-state index contributed by atoms with van der Waals surface area (Å²) in [6.45, 7) is 5.34. The molecule has 1 saturated heterocycles. The average molecular weight is 495 g/mol. The standard InChI is InChI=1S/C28H31ClN2O4/c1-33-27-14-7-5-12-25(27)31-18-16-30(17-19-31)15-8-20-34-28(32)23-10-3-6-13-26(23)35-21-22-9-2-4-11-24(22)29/h2-7,9-14H,8,15-21H2,1H3. The molecule has 1 aliphatic rings. The summed E-state index contributed by atoms with van der Waals surface area (Å²) in [6.07, 6.45) is 0.781. The lowest BCUT2D eigenvalue weighted by atomic mass is 10.2. The van der Waals surface area contributed by atoms with Crippen LogP contribution in [0.1, 0.15) is 22.3 Å². The van der Waals surface area contributed by atoms with E-state index >= 15 is 0 Å². The summed E-state index contributed by atoms with van der Waals surface area (Å²) in [5.74, 6) is 1.02. The molecule has 0 spiro atoms. The second-order valence-electron chi connectivity index (χ2n) is 8.37. The number of carbonyl (C=O) groups is 1. The number of nitrogens with zero attached hydrogens (tertiary/aromatic N) is 2. The summed E-state index contributed by atoms with van der Waals surface area (Å²) in [7, 11) is 1.71. The Morgan fingerprint density at radius 1 is 0.886 bits per heavy atom. The average Bonchev–Trinajstić information content (AvgIpc) is 2.91. The number of hydrogen-bond donors (Lipinski definition) is 0. The van der Waals surface area contributed by atoms with Crippen LogP contribution in [0, 0.1) is 0 Å². The van der Waals surface area contributed by atoms with Gasteiger partial charge in [-0.25, -0.2) is 4.79 Å². The number of ether oxygens (including phenoxy) is 3. The number of esters is 1. The van der Waals surface area contributed by atoms with E-state index in [2.05, 4.69) is 15.9 Å². The third-order valence-electron chi connectivity index (χ3n) is 6.10. The first-order chi connectivity index (χ1) is 17.2. The molecule has 35 heavy (non-hydrogen) atoms. The highest BCUT2D eigenvalue weighted by Crippen LogP contribution is 2.28. The van der Waals surface area contributed by atoms with E-state index in [0.717, 1.165) is 56.1 Å². The number of benzene rings is 3. The first kappa shape index (κ1) is 24.9. The van der Waals surface area contributed by atoms with Gasteiger partial charge in [0.1, 0.15) is 23.7 Å². The van der Waals surface area contributed by atoms with Gasteiger partial charge in [0.25, 0.3) is 0 Å². The Bertz CT molecular complexity index is 1120. The molecule has 0 aromatic heterocycles. The summed E-state index contributed by atoms with van der Waals surface area (Å²) in [5, 5.41) is 0.635. The van der Waals surface area contributed by atoms with Crippen LogP contribution in [0.15, 0.2) is 72.8 Å². The minimum absolute atomic E-state index is 0.283. The van der Waals surface area contributed by atoms with E-state index in [9.17, 15) is 4.79 Å². The van der Waals surface area contributed by atoms with E-state index in [1.165, 1.54) is 0 Å². The zero-order chi connectivity index (χ0) is 24.5. The van der Waals surface area contributed by atoms with Crippen molar-refractivity contribution < 1.29 is 19.0 Å². The van der Waals surface area contributed by atoms with Crippen LogP contribution < -0.4 is 14.4 Å². The number of anilines is 1. The Kier molecular flexibility index (Phi) is 8.87. The van der Waals surface area contributed by atoms with Crippen molar-refractivity contribution in [1.82, 2.24) is 4.90 Å². The van der Waals surface area contributed by atoms with Gasteiger partial charge in [-0.3, -0.25) is 4.90 Å². The largest absolute Gasteiger partial charge is 0.495 e. The molecule has 0 radical (unpaired) electrons. The highest BCUT2D eigenvalue weighted by atomic mass is 35.5. The second-order valence-corrected chi connectivity index (χ2v) is 8.77. The molecule has 0 atom stereocenters. The van der Waals surface area contributed by atoms with Crippen LogP contribution in [0.2, 0.25) is 5.02 Å². The van der Waals surface area contributed by atoms with Crippen molar-refractivity contribution in [3.8, 4) is 11.5 Å². The molecule has 1 fully saturated rings. The van der Waals surface area contributed by atoms with Gasteiger partial charge in [-0.2, -0.15) is 0 Å². The minimum atomic E-state index is -0.374. The molecule has 1 heterocycles. The molecule has 0 saturated carbocycles. The van der Waals surface area contributed by atoms with Crippen LogP contribution in [-0.4, -0.2) is 57.3 Å². The maximum absolute atomic E-state index is 12.7. The SMILES string of the molecule is COc1ccccc1N1CCN(CCCOC(=O)c2ccccc2OCc2ccccc2Cl)CC1. The first-order valence-corrected chi connectivity index (χ1v) is 12.3. The number of carbonyl (C=O) groups excluding carboxylic acids is 1. The van der Waals surface area contributed by atoms with Gasteiger partial charge in [0, 0.05) is 43.3 Å². The van der Waals surface area contributed by atoms with Gasteiger partial charge in [0.2, 0.25) is 0 Å². The lowest BCUT2D eigenvalue weighted by molar-refractivity contribution is 0.0482. The van der Waals surface area contributed by atoms with E-state index in [0.29, 0.717) is 22.9 Å². The number of piperazine rings is 1. The number of methoxy groups -OCH3 is 1. The number of halogens is 1. The van der Waals surface area contributed by atoms with Crippen molar-refractivity contribution >= 4 is 23.3 Å². The lowest BCUT2D eigenvalue weighted by Crippen LogP contribution is -2.46. The van der Waals surface area contributed by atoms with Gasteiger partial charge in [-0.15, -0.1) is 0 Å². The second kappa shape index (κ2) is 12.5. The smallest absolute Gasteiger partial charge is 0.341 e. The van der Waals surface area contributed by atoms with E-state index < -0.39 is 0 Å². The van der Waals surface area contributed by atoms with Crippen molar-refractivity contribution in [2.24, 2.45) is 0 Å². The summed E-state index contributed by atoms with van der Waals surface area (Å²) >= 11 is 6.21. The van der Waals surface area contributed by atoms with Gasteiger partial charge in [-0.05, 0) is 36.8 Å². The van der Waals surface area contributed by atoms with Crippen LogP contribution in [0.3, 0.4) is 0 Å². The van der Waals surface area contributed by atoms with E-state index in [1.807, 2.05) is 48.5 Å². The molecular weight excluding hydrogens is 464 g/mol. The Morgan fingerprint density at radius 2 is 1.57 bits per heavy atom. The molecule has 6 nitrogen and oxygen atoms in total. The van der Waals surface area contributed by atoms with Crippen LogP contribution in [0.4, 0.5) is 5.69 Å². The molecule has 1 aliphatic heterocycles. The summed E-state index contributed by atoms with van der Waals surface area (Å²) < 4.78 is 16.9. The van der Waals surface area contributed by atoms with Gasteiger partial charge in [0.15, 0.2) is 0 Å². The molecule has 3 aromatic rings. The molecule has 0 bridgehead atoms. The zero-order valence-electron chi connectivity index (χ0n) is 20.0. The predicted molar refractivity (Wildman–Crippen MR) is 139 cm³/mol. The minimum Gasteiger partial charge on any atom is -0.495 e. The molecule has 0 aliphatic carbocycles. The Hall–Kier alpha value is -3.22. The van der Waals surface area contributed by atoms with Crippen molar-refractivity contribution in [2.45, 2.75) is 13.0 Å². The Balaban J connectivity index is 1.21. The molecule has 3 aromatic carbocycles. The van der Waals surface area contributed by atoms with Crippen molar-refractivity contribution in [1.29, 1.82) is 0 Å². The van der Waals surface area contributed by atoms with Crippen molar-refractivity contribution in [2.75, 3.05) is 51.3 Å². The first-order valence-electron chi connectivity index (χ1n) is 11.9. The fourth-order valence-electron chi connectivity index (χ4n) is 4.17. The third-order valence-corrected chi connectivity index (χ3v) is 6.47. The van der Waals surface area contributed by atoms with Crippen LogP contribution in [-0.2, 0) is 11.3 Å². The maximum Gasteiger partial charge on any atom is 0.341 e. The van der Waals surface area contributed by atoms with Crippen molar-refractivity contribution in [3.63, 3.8) is 0 Å². The Labute approximate surface area is 212 Å². The zero-order valence-corrected chi connectivity index (χ0v) is 20.7. The van der Waals surface area contributed by atoms with Crippen molar-refractivity contribution in [3.05, 3.63) is 88.9 Å². The normalized spacial score (nSPS) is 13.9. The summed E-state index contributed by atoms with van der Waals surface area (Å²) in [4.78, 5) is 17.5. The fraction of sp³-hybridized carbons (Fsp3) is 0.321. The lowest BCUT2D eigenvalue weighted by Gasteiger charge is -2.36. The molecule has 0 amide bonds. The molecule has 4 rings (SSSR count). The fourth-order valence-corrected chi connectivity index (χ4v) is 4.36.